The molecule has 21 heavy (non-hydrogen) atoms. The Morgan fingerprint density at radius 3 is 2.62 bits per heavy atom. The number of rotatable bonds is 4. The first kappa shape index (κ1) is 15.4. The van der Waals surface area contributed by atoms with E-state index in [2.05, 4.69) is 4.98 Å². The van der Waals surface area contributed by atoms with Crippen LogP contribution in [0.3, 0.4) is 0 Å². The molecule has 3 rings (SSSR count). The molecule has 1 aliphatic carbocycles. The van der Waals surface area contributed by atoms with Crippen molar-refractivity contribution in [3.63, 3.8) is 0 Å². The Hall–Kier alpha value is -0.460. The monoisotopic (exact) mass is 328 g/mol. The van der Waals surface area contributed by atoms with Crippen LogP contribution < -0.4 is 0 Å². The Morgan fingerprint density at radius 2 is 1.90 bits per heavy atom. The first-order valence-corrected chi connectivity index (χ1v) is 10.5. The van der Waals surface area contributed by atoms with Gasteiger partial charge >= 0.3 is 0 Å². The van der Waals surface area contributed by atoms with Crippen LogP contribution in [0.25, 0.3) is 0 Å². The van der Waals surface area contributed by atoms with E-state index in [0.29, 0.717) is 18.2 Å². The summed E-state index contributed by atoms with van der Waals surface area (Å²) in [7, 11) is -3.16. The van der Waals surface area contributed by atoms with Gasteiger partial charge in [-0.1, -0.05) is 25.7 Å². The van der Waals surface area contributed by atoms with Gasteiger partial charge in [0.05, 0.1) is 11.8 Å². The topological polar surface area (TPSA) is 50.3 Å². The van der Waals surface area contributed by atoms with Gasteiger partial charge in [-0.05, 0) is 31.6 Å². The smallest absolute Gasteiger partial charge is 0.215 e. The van der Waals surface area contributed by atoms with E-state index < -0.39 is 10.0 Å². The Kier molecular flexibility index (Phi) is 4.96. The van der Waals surface area contributed by atoms with E-state index in [9.17, 15) is 8.42 Å². The molecule has 1 aliphatic heterocycles. The summed E-state index contributed by atoms with van der Waals surface area (Å²) in [5.41, 5.74) is 0. The second-order valence-electron chi connectivity index (χ2n) is 6.28. The highest BCUT2D eigenvalue weighted by Crippen LogP contribution is 2.35. The van der Waals surface area contributed by atoms with Crippen LogP contribution in [-0.4, -0.2) is 30.0 Å². The quantitative estimate of drug-likeness (QED) is 0.849. The summed E-state index contributed by atoms with van der Waals surface area (Å²) in [6.45, 7) is 0.666. The van der Waals surface area contributed by atoms with Crippen LogP contribution in [0.15, 0.2) is 11.6 Å². The molecule has 1 unspecified atom stereocenters. The van der Waals surface area contributed by atoms with Crippen molar-refractivity contribution in [2.24, 2.45) is 5.92 Å². The number of thiazole rings is 1. The number of hydrogen-bond acceptors (Lipinski definition) is 4. The summed E-state index contributed by atoms with van der Waals surface area (Å²) >= 11 is 1.58. The van der Waals surface area contributed by atoms with Gasteiger partial charge < -0.3 is 0 Å². The fourth-order valence-corrected chi connectivity index (χ4v) is 6.60. The van der Waals surface area contributed by atoms with E-state index in [1.165, 1.54) is 19.3 Å². The van der Waals surface area contributed by atoms with Crippen LogP contribution >= 0.6 is 11.3 Å². The summed E-state index contributed by atoms with van der Waals surface area (Å²) in [6, 6.07) is -0.0210. The maximum Gasteiger partial charge on any atom is 0.215 e. The fourth-order valence-electron chi connectivity index (χ4n) is 3.63. The van der Waals surface area contributed by atoms with Gasteiger partial charge in [-0.2, -0.15) is 4.31 Å². The number of piperidine rings is 1. The average Bonchev–Trinajstić information content (AvgIpc) is 3.02. The molecule has 0 bridgehead atoms. The third-order valence-corrected chi connectivity index (χ3v) is 7.64. The minimum Gasteiger partial charge on any atom is -0.248 e. The van der Waals surface area contributed by atoms with Crippen LogP contribution in [0, 0.1) is 5.92 Å². The molecule has 1 aromatic heterocycles. The number of nitrogens with zero attached hydrogens (tertiary/aromatic N) is 2. The van der Waals surface area contributed by atoms with Crippen molar-refractivity contribution in [1.29, 1.82) is 0 Å². The third kappa shape index (κ3) is 3.66. The molecule has 0 spiro atoms. The number of sulfonamides is 1. The molecule has 1 saturated heterocycles. The van der Waals surface area contributed by atoms with Gasteiger partial charge in [-0.15, -0.1) is 11.3 Å². The zero-order valence-electron chi connectivity index (χ0n) is 12.4. The van der Waals surface area contributed by atoms with Gasteiger partial charge in [0.2, 0.25) is 10.0 Å². The number of hydrogen-bond donors (Lipinski definition) is 0. The van der Waals surface area contributed by atoms with Crippen molar-refractivity contribution >= 4 is 21.4 Å². The first-order chi connectivity index (χ1) is 10.2. The molecular formula is C15H24N2O2S2. The van der Waals surface area contributed by atoms with E-state index >= 15 is 0 Å². The zero-order chi connectivity index (χ0) is 14.7. The summed E-state index contributed by atoms with van der Waals surface area (Å²) < 4.78 is 27.5. The average molecular weight is 329 g/mol. The third-order valence-electron chi connectivity index (χ3n) is 4.72. The van der Waals surface area contributed by atoms with E-state index in [4.69, 9.17) is 0 Å². The summed E-state index contributed by atoms with van der Waals surface area (Å²) in [4.78, 5) is 4.36. The molecule has 4 nitrogen and oxygen atoms in total. The Labute approximate surface area is 131 Å². The van der Waals surface area contributed by atoms with Gasteiger partial charge in [-0.25, -0.2) is 13.4 Å². The van der Waals surface area contributed by atoms with Crippen molar-refractivity contribution in [3.05, 3.63) is 16.6 Å². The summed E-state index contributed by atoms with van der Waals surface area (Å²) in [5.74, 6) is 0.706. The van der Waals surface area contributed by atoms with Crippen LogP contribution in [-0.2, 0) is 10.0 Å². The van der Waals surface area contributed by atoms with E-state index in [1.807, 2.05) is 5.38 Å². The predicted molar refractivity (Wildman–Crippen MR) is 85.8 cm³/mol. The highest BCUT2D eigenvalue weighted by atomic mass is 32.2. The highest BCUT2D eigenvalue weighted by molar-refractivity contribution is 7.89. The lowest BCUT2D eigenvalue weighted by atomic mass is 9.91. The number of aromatic nitrogens is 1. The van der Waals surface area contributed by atoms with Crippen molar-refractivity contribution < 1.29 is 8.42 Å². The molecule has 2 heterocycles. The van der Waals surface area contributed by atoms with Gasteiger partial charge in [0.15, 0.2) is 0 Å². The van der Waals surface area contributed by atoms with E-state index in [-0.39, 0.29) is 6.04 Å². The molecule has 0 N–H and O–H groups in total. The van der Waals surface area contributed by atoms with Gasteiger partial charge in [0, 0.05) is 18.1 Å². The fraction of sp³-hybridized carbons (Fsp3) is 0.800. The van der Waals surface area contributed by atoms with Crippen molar-refractivity contribution in [3.8, 4) is 0 Å². The Morgan fingerprint density at radius 1 is 1.14 bits per heavy atom. The molecule has 0 radical (unpaired) electrons. The molecule has 1 saturated carbocycles. The lowest BCUT2D eigenvalue weighted by molar-refractivity contribution is 0.252. The van der Waals surface area contributed by atoms with Crippen molar-refractivity contribution in [2.75, 3.05) is 12.3 Å². The molecule has 0 aromatic carbocycles. The van der Waals surface area contributed by atoms with E-state index in [0.717, 1.165) is 37.1 Å². The largest absolute Gasteiger partial charge is 0.248 e. The SMILES string of the molecule is O=S(=O)(CC1CCCCC1)N1CCCCC1c1nccs1. The van der Waals surface area contributed by atoms with Crippen LogP contribution in [0.5, 0.6) is 0 Å². The summed E-state index contributed by atoms with van der Waals surface area (Å²) in [6.07, 6.45) is 10.6. The second-order valence-corrected chi connectivity index (χ2v) is 9.17. The van der Waals surface area contributed by atoms with Crippen LogP contribution in [0.2, 0.25) is 0 Å². The minimum atomic E-state index is -3.16. The summed E-state index contributed by atoms with van der Waals surface area (Å²) in [5, 5.41) is 2.90. The Balaban J connectivity index is 1.75. The van der Waals surface area contributed by atoms with E-state index in [1.54, 1.807) is 21.8 Å². The van der Waals surface area contributed by atoms with Gasteiger partial charge in [0.1, 0.15) is 5.01 Å². The van der Waals surface area contributed by atoms with Crippen LogP contribution in [0.1, 0.15) is 62.4 Å². The normalized spacial score (nSPS) is 26.0. The molecule has 118 valence electrons. The second kappa shape index (κ2) is 6.75. The molecule has 1 atom stereocenters. The molecule has 2 aliphatic rings. The lowest BCUT2D eigenvalue weighted by Gasteiger charge is -2.35. The molecule has 1 aromatic rings. The maximum absolute atomic E-state index is 12.9. The predicted octanol–water partition coefficient (Wildman–Crippen LogP) is 3.58. The van der Waals surface area contributed by atoms with Crippen molar-refractivity contribution in [2.45, 2.75) is 57.4 Å². The first-order valence-electron chi connectivity index (χ1n) is 8.06. The minimum absolute atomic E-state index is 0.0210. The van der Waals surface area contributed by atoms with Gasteiger partial charge in [0.25, 0.3) is 0 Å². The lowest BCUT2D eigenvalue weighted by Crippen LogP contribution is -2.41. The zero-order valence-corrected chi connectivity index (χ0v) is 14.0. The molecule has 2 fully saturated rings. The van der Waals surface area contributed by atoms with Crippen LogP contribution in [0.4, 0.5) is 0 Å². The van der Waals surface area contributed by atoms with Crippen molar-refractivity contribution in [1.82, 2.24) is 9.29 Å². The Bertz CT molecular complexity index is 536. The molecule has 0 amide bonds. The molecule has 6 heteroatoms. The molecular weight excluding hydrogens is 304 g/mol. The highest BCUT2D eigenvalue weighted by Gasteiger charge is 2.36. The van der Waals surface area contributed by atoms with Gasteiger partial charge in [-0.3, -0.25) is 0 Å². The maximum atomic E-state index is 12.9. The standard InChI is InChI=1S/C15H24N2O2S2/c18-21(19,12-13-6-2-1-3-7-13)17-10-5-4-8-14(17)15-16-9-11-20-15/h9,11,13-14H,1-8,10,12H2.